The van der Waals surface area contributed by atoms with Crippen molar-refractivity contribution in [1.82, 2.24) is 0 Å². The van der Waals surface area contributed by atoms with Crippen molar-refractivity contribution in [2.45, 2.75) is 19.9 Å². The fraction of sp³-hybridized carbons (Fsp3) is 0.294. The Bertz CT molecular complexity index is 579. The zero-order chi connectivity index (χ0) is 13.2. The van der Waals surface area contributed by atoms with Gasteiger partial charge in [0.05, 0.1) is 0 Å². The van der Waals surface area contributed by atoms with E-state index < -0.39 is 0 Å². The summed E-state index contributed by atoms with van der Waals surface area (Å²) >= 11 is 3.55. The summed E-state index contributed by atoms with van der Waals surface area (Å²) in [5, 5.41) is 0. The van der Waals surface area contributed by atoms with Crippen LogP contribution in [0.2, 0.25) is 0 Å². The molecule has 19 heavy (non-hydrogen) atoms. The second-order valence-corrected chi connectivity index (χ2v) is 6.36. The van der Waals surface area contributed by atoms with Gasteiger partial charge in [-0.3, -0.25) is 0 Å². The average molecular weight is 316 g/mol. The summed E-state index contributed by atoms with van der Waals surface area (Å²) in [4.78, 5) is 2.51. The Morgan fingerprint density at radius 2 is 2.00 bits per heavy atom. The Kier molecular flexibility index (Phi) is 3.61. The molecule has 0 amide bonds. The molecule has 0 saturated carbocycles. The molecule has 2 aromatic carbocycles. The minimum absolute atomic E-state index is 0.724. The molecule has 0 saturated heterocycles. The number of nitrogens with zero attached hydrogens (tertiary/aromatic N) is 1. The number of halogens is 1. The lowest BCUT2D eigenvalue weighted by Gasteiger charge is -2.35. The lowest BCUT2D eigenvalue weighted by atomic mass is 9.93. The summed E-state index contributed by atoms with van der Waals surface area (Å²) in [6.45, 7) is 4.47. The molecular formula is C17H18BrN. The summed E-state index contributed by atoms with van der Waals surface area (Å²) in [6, 6.07) is 17.4. The van der Waals surface area contributed by atoms with Crippen molar-refractivity contribution in [3.8, 4) is 0 Å². The summed E-state index contributed by atoms with van der Waals surface area (Å²) < 4.78 is 1.16. The average Bonchev–Trinajstić information content (AvgIpc) is 2.38. The van der Waals surface area contributed by atoms with Crippen LogP contribution in [0.5, 0.6) is 0 Å². The van der Waals surface area contributed by atoms with Gasteiger partial charge in [0, 0.05) is 23.2 Å². The van der Waals surface area contributed by atoms with E-state index in [4.69, 9.17) is 0 Å². The van der Waals surface area contributed by atoms with E-state index in [-0.39, 0.29) is 0 Å². The highest BCUT2D eigenvalue weighted by Crippen LogP contribution is 2.30. The van der Waals surface area contributed by atoms with E-state index in [1.54, 1.807) is 0 Å². The van der Waals surface area contributed by atoms with Crippen LogP contribution in [0.3, 0.4) is 0 Å². The minimum Gasteiger partial charge on any atom is -0.367 e. The van der Waals surface area contributed by atoms with Crippen molar-refractivity contribution in [2.75, 3.05) is 11.4 Å². The first-order valence-electron chi connectivity index (χ1n) is 6.79. The Hall–Kier alpha value is -1.28. The van der Waals surface area contributed by atoms with E-state index in [0.717, 1.165) is 23.5 Å². The van der Waals surface area contributed by atoms with Gasteiger partial charge in [0.25, 0.3) is 0 Å². The molecule has 1 aliphatic rings. The number of fused-ring (bicyclic) bond motifs is 1. The highest BCUT2D eigenvalue weighted by atomic mass is 79.9. The first kappa shape index (κ1) is 12.7. The fourth-order valence-corrected chi connectivity index (χ4v) is 3.36. The number of para-hydroxylation sites is 1. The molecule has 1 atom stereocenters. The van der Waals surface area contributed by atoms with Crippen LogP contribution in [-0.4, -0.2) is 6.54 Å². The van der Waals surface area contributed by atoms with Crippen molar-refractivity contribution in [3.05, 3.63) is 64.1 Å². The molecule has 0 aliphatic carbocycles. The molecule has 1 heterocycles. The first-order chi connectivity index (χ1) is 9.22. The van der Waals surface area contributed by atoms with Gasteiger partial charge in [-0.05, 0) is 41.7 Å². The standard InChI is InChI=1S/C17H18BrN/c1-13-9-15-6-2-3-8-17(15)19(11-13)12-14-5-4-7-16(18)10-14/h2-8,10,13H,9,11-12H2,1H3. The van der Waals surface area contributed by atoms with Crippen molar-refractivity contribution in [2.24, 2.45) is 5.92 Å². The molecule has 2 aromatic rings. The van der Waals surface area contributed by atoms with Gasteiger partial charge in [0.15, 0.2) is 0 Å². The van der Waals surface area contributed by atoms with Crippen LogP contribution in [0.1, 0.15) is 18.1 Å². The number of hydrogen-bond acceptors (Lipinski definition) is 1. The zero-order valence-corrected chi connectivity index (χ0v) is 12.7. The molecule has 0 radical (unpaired) electrons. The maximum Gasteiger partial charge on any atom is 0.0430 e. The van der Waals surface area contributed by atoms with Crippen molar-refractivity contribution in [1.29, 1.82) is 0 Å². The third-order valence-electron chi connectivity index (χ3n) is 3.70. The normalized spacial score (nSPS) is 18.2. The van der Waals surface area contributed by atoms with Gasteiger partial charge < -0.3 is 4.90 Å². The zero-order valence-electron chi connectivity index (χ0n) is 11.1. The topological polar surface area (TPSA) is 3.24 Å². The Morgan fingerprint density at radius 1 is 1.16 bits per heavy atom. The Morgan fingerprint density at radius 3 is 2.84 bits per heavy atom. The van der Waals surface area contributed by atoms with E-state index in [2.05, 4.69) is 76.3 Å². The lowest BCUT2D eigenvalue weighted by Crippen LogP contribution is -2.33. The molecule has 2 heteroatoms. The predicted molar refractivity (Wildman–Crippen MR) is 84.5 cm³/mol. The third-order valence-corrected chi connectivity index (χ3v) is 4.19. The van der Waals surface area contributed by atoms with E-state index in [9.17, 15) is 0 Å². The fourth-order valence-electron chi connectivity index (χ4n) is 2.91. The largest absolute Gasteiger partial charge is 0.367 e. The van der Waals surface area contributed by atoms with Gasteiger partial charge in [-0.15, -0.1) is 0 Å². The van der Waals surface area contributed by atoms with E-state index >= 15 is 0 Å². The number of hydrogen-bond donors (Lipinski definition) is 0. The van der Waals surface area contributed by atoms with Gasteiger partial charge >= 0.3 is 0 Å². The number of anilines is 1. The van der Waals surface area contributed by atoms with Crippen LogP contribution in [0, 0.1) is 5.92 Å². The second-order valence-electron chi connectivity index (χ2n) is 5.45. The summed E-state index contributed by atoms with van der Waals surface area (Å²) in [5.41, 5.74) is 4.25. The number of benzene rings is 2. The second kappa shape index (κ2) is 5.38. The summed E-state index contributed by atoms with van der Waals surface area (Å²) in [7, 11) is 0. The maximum absolute atomic E-state index is 3.55. The molecule has 98 valence electrons. The van der Waals surface area contributed by atoms with E-state index in [0.29, 0.717) is 0 Å². The van der Waals surface area contributed by atoms with E-state index in [1.165, 1.54) is 23.2 Å². The maximum atomic E-state index is 3.55. The molecule has 1 aliphatic heterocycles. The van der Waals surface area contributed by atoms with Gasteiger partial charge in [-0.25, -0.2) is 0 Å². The molecule has 3 rings (SSSR count). The van der Waals surface area contributed by atoms with Crippen LogP contribution in [0.15, 0.2) is 53.0 Å². The SMILES string of the molecule is CC1Cc2ccccc2N(Cc2cccc(Br)c2)C1. The van der Waals surface area contributed by atoms with Crippen molar-refractivity contribution >= 4 is 21.6 Å². The smallest absolute Gasteiger partial charge is 0.0430 e. The number of rotatable bonds is 2. The molecule has 0 fully saturated rings. The lowest BCUT2D eigenvalue weighted by molar-refractivity contribution is 0.530. The highest BCUT2D eigenvalue weighted by molar-refractivity contribution is 9.10. The summed E-state index contributed by atoms with van der Waals surface area (Å²) in [6.07, 6.45) is 1.20. The third kappa shape index (κ3) is 2.84. The van der Waals surface area contributed by atoms with E-state index in [1.807, 2.05) is 0 Å². The van der Waals surface area contributed by atoms with Crippen LogP contribution in [0.4, 0.5) is 5.69 Å². The molecule has 0 aromatic heterocycles. The quantitative estimate of drug-likeness (QED) is 0.779. The minimum atomic E-state index is 0.724. The van der Waals surface area contributed by atoms with Crippen LogP contribution in [-0.2, 0) is 13.0 Å². The molecule has 1 unspecified atom stereocenters. The van der Waals surface area contributed by atoms with Gasteiger partial charge in [-0.2, -0.15) is 0 Å². The Labute approximate surface area is 123 Å². The molecular weight excluding hydrogens is 298 g/mol. The van der Waals surface area contributed by atoms with Crippen LogP contribution in [0.25, 0.3) is 0 Å². The molecule has 1 nitrogen and oxygen atoms in total. The Balaban J connectivity index is 1.89. The molecule has 0 N–H and O–H groups in total. The van der Waals surface area contributed by atoms with Crippen molar-refractivity contribution in [3.63, 3.8) is 0 Å². The molecule has 0 spiro atoms. The van der Waals surface area contributed by atoms with Gasteiger partial charge in [0.2, 0.25) is 0 Å². The monoisotopic (exact) mass is 315 g/mol. The van der Waals surface area contributed by atoms with Crippen LogP contribution >= 0.6 is 15.9 Å². The summed E-state index contributed by atoms with van der Waals surface area (Å²) in [5.74, 6) is 0.724. The van der Waals surface area contributed by atoms with Gasteiger partial charge in [-0.1, -0.05) is 53.2 Å². The first-order valence-corrected chi connectivity index (χ1v) is 7.59. The highest BCUT2D eigenvalue weighted by Gasteiger charge is 2.21. The predicted octanol–water partition coefficient (Wildman–Crippen LogP) is 4.65. The van der Waals surface area contributed by atoms with Crippen molar-refractivity contribution < 1.29 is 0 Å². The molecule has 0 bridgehead atoms. The van der Waals surface area contributed by atoms with Crippen LogP contribution < -0.4 is 4.90 Å². The van der Waals surface area contributed by atoms with Gasteiger partial charge in [0.1, 0.15) is 0 Å².